The summed E-state index contributed by atoms with van der Waals surface area (Å²) >= 11 is 0. The SMILES string of the molecule is Cc1ccc(S(=O)(=O)N2CC[NH+](CC(=O)N[C@H]3CCC[C@H](C)[C@@H]3C)CC2)cc1. The number of nitrogens with zero attached hydrogens (tertiary/aromatic N) is 1. The number of sulfonamides is 1. The van der Waals surface area contributed by atoms with E-state index in [-0.39, 0.29) is 11.9 Å². The van der Waals surface area contributed by atoms with E-state index in [4.69, 9.17) is 0 Å². The molecule has 1 saturated heterocycles. The lowest BCUT2D eigenvalue weighted by Gasteiger charge is -2.35. The average molecular weight is 409 g/mol. The van der Waals surface area contributed by atoms with Gasteiger partial charge in [-0.3, -0.25) is 4.79 Å². The standard InChI is InChI=1S/C21H33N3O3S/c1-16-7-9-19(10-8-16)28(26,27)24-13-11-23(12-14-24)15-21(25)22-20-6-4-5-17(2)18(20)3/h7-10,17-18,20H,4-6,11-15H2,1-3H3,(H,22,25)/p+1/t17-,18-,20-/m0/s1. The molecule has 1 aliphatic carbocycles. The highest BCUT2D eigenvalue weighted by molar-refractivity contribution is 7.89. The van der Waals surface area contributed by atoms with Gasteiger partial charge in [-0.2, -0.15) is 4.31 Å². The van der Waals surface area contributed by atoms with Crippen molar-refractivity contribution in [2.75, 3.05) is 32.7 Å². The van der Waals surface area contributed by atoms with Crippen LogP contribution in [0.3, 0.4) is 0 Å². The number of hydrogen-bond donors (Lipinski definition) is 2. The van der Waals surface area contributed by atoms with Crippen LogP contribution in [0.1, 0.15) is 38.7 Å². The molecule has 2 aliphatic rings. The van der Waals surface area contributed by atoms with Crippen LogP contribution >= 0.6 is 0 Å². The maximum absolute atomic E-state index is 12.8. The van der Waals surface area contributed by atoms with E-state index < -0.39 is 10.0 Å². The van der Waals surface area contributed by atoms with Crippen LogP contribution in [0.25, 0.3) is 0 Å². The third-order valence-corrected chi connectivity index (χ3v) is 8.46. The molecular formula is C21H34N3O3S+. The summed E-state index contributed by atoms with van der Waals surface area (Å²) < 4.78 is 27.1. The molecule has 2 fully saturated rings. The molecule has 0 aromatic heterocycles. The van der Waals surface area contributed by atoms with E-state index in [0.29, 0.717) is 49.5 Å². The highest BCUT2D eigenvalue weighted by Gasteiger charge is 2.32. The number of rotatable bonds is 5. The number of nitrogens with one attached hydrogen (secondary N) is 2. The highest BCUT2D eigenvalue weighted by atomic mass is 32.2. The lowest BCUT2D eigenvalue weighted by molar-refractivity contribution is -0.895. The van der Waals surface area contributed by atoms with Crippen molar-refractivity contribution in [3.8, 4) is 0 Å². The van der Waals surface area contributed by atoms with E-state index in [0.717, 1.165) is 16.9 Å². The quantitative estimate of drug-likeness (QED) is 0.758. The Labute approximate surface area is 169 Å². The van der Waals surface area contributed by atoms with Crippen molar-refractivity contribution in [3.63, 3.8) is 0 Å². The first-order valence-electron chi connectivity index (χ1n) is 10.5. The molecule has 1 aromatic carbocycles. The summed E-state index contributed by atoms with van der Waals surface area (Å²) in [5, 5.41) is 3.23. The van der Waals surface area contributed by atoms with Crippen LogP contribution in [-0.2, 0) is 14.8 Å². The summed E-state index contributed by atoms with van der Waals surface area (Å²) in [5.41, 5.74) is 1.04. The average Bonchev–Trinajstić information content (AvgIpc) is 2.66. The number of amides is 1. The second kappa shape index (κ2) is 8.93. The minimum atomic E-state index is -3.45. The van der Waals surface area contributed by atoms with Crippen LogP contribution < -0.4 is 10.2 Å². The van der Waals surface area contributed by atoms with Crippen LogP contribution in [-0.4, -0.2) is 57.4 Å². The predicted molar refractivity (Wildman–Crippen MR) is 110 cm³/mol. The molecule has 28 heavy (non-hydrogen) atoms. The van der Waals surface area contributed by atoms with Gasteiger partial charge in [0.2, 0.25) is 10.0 Å². The topological polar surface area (TPSA) is 70.9 Å². The van der Waals surface area contributed by atoms with Crippen molar-refractivity contribution in [2.24, 2.45) is 11.8 Å². The molecule has 3 atom stereocenters. The van der Waals surface area contributed by atoms with Gasteiger partial charge in [-0.1, -0.05) is 44.4 Å². The Kier molecular flexibility index (Phi) is 6.78. The normalized spacial score (nSPS) is 27.5. The molecule has 0 spiro atoms. The van der Waals surface area contributed by atoms with E-state index in [9.17, 15) is 13.2 Å². The van der Waals surface area contributed by atoms with Gasteiger partial charge in [-0.05, 0) is 37.3 Å². The van der Waals surface area contributed by atoms with Gasteiger partial charge < -0.3 is 10.2 Å². The van der Waals surface area contributed by atoms with E-state index in [1.807, 2.05) is 19.1 Å². The summed E-state index contributed by atoms with van der Waals surface area (Å²) in [7, 11) is -3.45. The van der Waals surface area contributed by atoms with Crippen molar-refractivity contribution < 1.29 is 18.1 Å². The first-order chi connectivity index (χ1) is 13.3. The van der Waals surface area contributed by atoms with Crippen molar-refractivity contribution >= 4 is 15.9 Å². The Bertz CT molecular complexity index is 771. The van der Waals surface area contributed by atoms with Crippen molar-refractivity contribution in [3.05, 3.63) is 29.8 Å². The highest BCUT2D eigenvalue weighted by Crippen LogP contribution is 2.29. The molecule has 1 amide bonds. The van der Waals surface area contributed by atoms with Crippen molar-refractivity contribution in [1.82, 2.24) is 9.62 Å². The monoisotopic (exact) mass is 408 g/mol. The maximum atomic E-state index is 12.8. The summed E-state index contributed by atoms with van der Waals surface area (Å²) in [6.45, 7) is 9.10. The zero-order chi connectivity index (χ0) is 20.3. The second-order valence-corrected chi connectivity index (χ2v) is 10.5. The molecule has 0 radical (unpaired) electrons. The molecule has 1 saturated carbocycles. The fourth-order valence-electron chi connectivity index (χ4n) is 4.35. The zero-order valence-electron chi connectivity index (χ0n) is 17.3. The van der Waals surface area contributed by atoms with Gasteiger partial charge in [0.1, 0.15) is 0 Å². The van der Waals surface area contributed by atoms with Crippen LogP contribution in [0.4, 0.5) is 0 Å². The number of quaternary nitrogens is 1. The molecule has 7 heteroatoms. The molecule has 0 unspecified atom stereocenters. The number of piperazine rings is 1. The zero-order valence-corrected chi connectivity index (χ0v) is 18.1. The Morgan fingerprint density at radius 3 is 2.43 bits per heavy atom. The number of carbonyl (C=O) groups is 1. The molecule has 3 rings (SSSR count). The van der Waals surface area contributed by atoms with Gasteiger partial charge in [0.05, 0.1) is 31.1 Å². The van der Waals surface area contributed by atoms with E-state index in [1.165, 1.54) is 12.8 Å². The fourth-order valence-corrected chi connectivity index (χ4v) is 5.79. The van der Waals surface area contributed by atoms with Gasteiger partial charge in [0.25, 0.3) is 5.91 Å². The lowest BCUT2D eigenvalue weighted by Crippen LogP contribution is -3.15. The molecule has 1 aliphatic heterocycles. The number of benzene rings is 1. The molecule has 6 nitrogen and oxygen atoms in total. The summed E-state index contributed by atoms with van der Waals surface area (Å²) in [5.74, 6) is 1.27. The molecule has 1 aromatic rings. The van der Waals surface area contributed by atoms with Crippen LogP contribution in [0.2, 0.25) is 0 Å². The molecule has 1 heterocycles. The van der Waals surface area contributed by atoms with Crippen molar-refractivity contribution in [1.29, 1.82) is 0 Å². The van der Waals surface area contributed by atoms with Crippen LogP contribution in [0.5, 0.6) is 0 Å². The third-order valence-electron chi connectivity index (χ3n) is 6.55. The minimum absolute atomic E-state index is 0.0933. The van der Waals surface area contributed by atoms with E-state index in [2.05, 4.69) is 19.2 Å². The number of hydrogen-bond acceptors (Lipinski definition) is 3. The first-order valence-corrected chi connectivity index (χ1v) is 11.9. The smallest absolute Gasteiger partial charge is 0.275 e. The fraction of sp³-hybridized carbons (Fsp3) is 0.667. The molecule has 156 valence electrons. The van der Waals surface area contributed by atoms with Gasteiger partial charge in [-0.15, -0.1) is 0 Å². The van der Waals surface area contributed by atoms with Crippen molar-refractivity contribution in [2.45, 2.75) is 51.0 Å². The Morgan fingerprint density at radius 2 is 1.79 bits per heavy atom. The maximum Gasteiger partial charge on any atom is 0.275 e. The largest absolute Gasteiger partial charge is 0.348 e. The number of aryl methyl sites for hydroxylation is 1. The molecule has 2 N–H and O–H groups in total. The molecule has 0 bridgehead atoms. The second-order valence-electron chi connectivity index (χ2n) is 8.59. The summed E-state index contributed by atoms with van der Waals surface area (Å²) in [4.78, 5) is 14.0. The lowest BCUT2D eigenvalue weighted by atomic mass is 9.78. The summed E-state index contributed by atoms with van der Waals surface area (Å²) in [6, 6.07) is 7.27. The number of carbonyl (C=O) groups excluding carboxylic acids is 1. The molecular weight excluding hydrogens is 374 g/mol. The Morgan fingerprint density at radius 1 is 1.14 bits per heavy atom. The van der Waals surface area contributed by atoms with Gasteiger partial charge in [0, 0.05) is 6.04 Å². The van der Waals surface area contributed by atoms with E-state index in [1.54, 1.807) is 16.4 Å². The van der Waals surface area contributed by atoms with E-state index >= 15 is 0 Å². The Balaban J connectivity index is 1.50. The van der Waals surface area contributed by atoms with Gasteiger partial charge in [0.15, 0.2) is 6.54 Å². The Hall–Kier alpha value is -1.44. The first kappa shape index (κ1) is 21.3. The van der Waals surface area contributed by atoms with Crippen LogP contribution in [0.15, 0.2) is 29.2 Å². The van der Waals surface area contributed by atoms with Crippen LogP contribution in [0, 0.1) is 18.8 Å². The summed E-state index contributed by atoms with van der Waals surface area (Å²) in [6.07, 6.45) is 3.49. The van der Waals surface area contributed by atoms with Gasteiger partial charge >= 0.3 is 0 Å². The van der Waals surface area contributed by atoms with Gasteiger partial charge in [-0.25, -0.2) is 8.42 Å². The predicted octanol–water partition coefficient (Wildman–Crippen LogP) is 0.825. The minimum Gasteiger partial charge on any atom is -0.348 e. The third kappa shape index (κ3) is 4.93.